The minimum atomic E-state index is -0.0140. The van der Waals surface area contributed by atoms with Crippen molar-refractivity contribution in [3.63, 3.8) is 0 Å². The number of nitrogens with one attached hydrogen (secondary N) is 1. The van der Waals surface area contributed by atoms with E-state index in [1.165, 1.54) is 0 Å². The van der Waals surface area contributed by atoms with Crippen LogP contribution in [0.4, 0.5) is 0 Å². The van der Waals surface area contributed by atoms with Crippen molar-refractivity contribution in [2.75, 3.05) is 13.2 Å². The van der Waals surface area contributed by atoms with Crippen molar-refractivity contribution in [1.82, 2.24) is 5.32 Å². The SMILES string of the molecule is CCC(C)(CCO)NCCCC(N)=NO. The van der Waals surface area contributed by atoms with Gasteiger partial charge in [-0.25, -0.2) is 0 Å². The number of aliphatic hydroxyl groups excluding tert-OH is 1. The second-order valence-corrected chi connectivity index (χ2v) is 4.01. The molecule has 5 heteroatoms. The molecule has 0 radical (unpaired) electrons. The van der Waals surface area contributed by atoms with Crippen LogP contribution in [0.5, 0.6) is 0 Å². The average molecular weight is 217 g/mol. The van der Waals surface area contributed by atoms with E-state index in [2.05, 4.69) is 24.3 Å². The fraction of sp³-hybridized carbons (Fsp3) is 0.900. The Kier molecular flexibility index (Phi) is 7.07. The van der Waals surface area contributed by atoms with Gasteiger partial charge in [0.1, 0.15) is 5.84 Å². The Hall–Kier alpha value is -0.810. The third-order valence-corrected chi connectivity index (χ3v) is 2.73. The zero-order valence-electron chi connectivity index (χ0n) is 9.66. The van der Waals surface area contributed by atoms with E-state index in [-0.39, 0.29) is 18.0 Å². The first-order chi connectivity index (χ1) is 7.08. The summed E-state index contributed by atoms with van der Waals surface area (Å²) in [5.74, 6) is 0.261. The lowest BCUT2D eigenvalue weighted by Gasteiger charge is -2.29. The second kappa shape index (κ2) is 7.48. The van der Waals surface area contributed by atoms with Crippen molar-refractivity contribution in [3.8, 4) is 0 Å². The van der Waals surface area contributed by atoms with Crippen molar-refractivity contribution >= 4 is 5.84 Å². The van der Waals surface area contributed by atoms with Crippen LogP contribution in [0, 0.1) is 0 Å². The molecule has 0 rings (SSSR count). The van der Waals surface area contributed by atoms with E-state index in [1.807, 2.05) is 0 Å². The van der Waals surface area contributed by atoms with Gasteiger partial charge in [-0.3, -0.25) is 0 Å². The zero-order chi connectivity index (χ0) is 11.7. The molecular weight excluding hydrogens is 194 g/mol. The van der Waals surface area contributed by atoms with E-state index in [1.54, 1.807) is 0 Å². The first-order valence-electron chi connectivity index (χ1n) is 5.40. The second-order valence-electron chi connectivity index (χ2n) is 4.01. The fourth-order valence-electron chi connectivity index (χ4n) is 1.35. The fourth-order valence-corrected chi connectivity index (χ4v) is 1.35. The maximum absolute atomic E-state index is 8.90. The van der Waals surface area contributed by atoms with Gasteiger partial charge in [0.15, 0.2) is 0 Å². The number of hydrogen-bond acceptors (Lipinski definition) is 4. The first-order valence-corrected chi connectivity index (χ1v) is 5.40. The summed E-state index contributed by atoms with van der Waals surface area (Å²) in [6.07, 6.45) is 3.13. The molecule has 1 unspecified atom stereocenters. The van der Waals surface area contributed by atoms with E-state index < -0.39 is 0 Å². The van der Waals surface area contributed by atoms with E-state index in [4.69, 9.17) is 16.0 Å². The van der Waals surface area contributed by atoms with Gasteiger partial charge in [0, 0.05) is 18.6 Å². The van der Waals surface area contributed by atoms with E-state index in [0.717, 1.165) is 25.8 Å². The topological polar surface area (TPSA) is 90.9 Å². The van der Waals surface area contributed by atoms with Gasteiger partial charge in [-0.05, 0) is 32.7 Å². The maximum Gasteiger partial charge on any atom is 0.139 e. The Bertz CT molecular complexity index is 197. The zero-order valence-corrected chi connectivity index (χ0v) is 9.66. The third-order valence-electron chi connectivity index (χ3n) is 2.73. The van der Waals surface area contributed by atoms with Gasteiger partial charge in [-0.15, -0.1) is 0 Å². The lowest BCUT2D eigenvalue weighted by atomic mass is 9.95. The molecule has 0 bridgehead atoms. The van der Waals surface area contributed by atoms with E-state index in [9.17, 15) is 0 Å². The molecule has 0 heterocycles. The van der Waals surface area contributed by atoms with Crippen LogP contribution in [0.25, 0.3) is 0 Å². The number of hydrogen-bond donors (Lipinski definition) is 4. The van der Waals surface area contributed by atoms with E-state index >= 15 is 0 Å². The predicted molar refractivity (Wildman–Crippen MR) is 61.0 cm³/mol. The quantitative estimate of drug-likeness (QED) is 0.158. The van der Waals surface area contributed by atoms with Crippen LogP contribution < -0.4 is 11.1 Å². The molecule has 5 N–H and O–H groups in total. The highest BCUT2D eigenvalue weighted by molar-refractivity contribution is 5.79. The van der Waals surface area contributed by atoms with Crippen molar-refractivity contribution < 1.29 is 10.3 Å². The molecule has 0 aliphatic carbocycles. The van der Waals surface area contributed by atoms with Gasteiger partial charge in [-0.1, -0.05) is 12.1 Å². The summed E-state index contributed by atoms with van der Waals surface area (Å²) in [5, 5.41) is 23.5. The van der Waals surface area contributed by atoms with Gasteiger partial charge in [0.25, 0.3) is 0 Å². The summed E-state index contributed by atoms with van der Waals surface area (Å²) >= 11 is 0. The number of oxime groups is 1. The van der Waals surface area contributed by atoms with Crippen LogP contribution in [0.2, 0.25) is 0 Å². The molecule has 0 aliphatic rings. The number of rotatable bonds is 8. The van der Waals surface area contributed by atoms with Gasteiger partial charge in [0.05, 0.1) is 0 Å². The molecule has 0 aromatic rings. The molecular formula is C10H23N3O2. The summed E-state index contributed by atoms with van der Waals surface area (Å²) in [4.78, 5) is 0. The number of aliphatic hydroxyl groups is 1. The van der Waals surface area contributed by atoms with Gasteiger partial charge in [-0.2, -0.15) is 0 Å². The van der Waals surface area contributed by atoms with Crippen LogP contribution in [0.3, 0.4) is 0 Å². The molecule has 0 amide bonds. The average Bonchev–Trinajstić information content (AvgIpc) is 2.24. The van der Waals surface area contributed by atoms with Crippen molar-refractivity contribution in [2.45, 2.75) is 45.1 Å². The Morgan fingerprint density at radius 1 is 1.53 bits per heavy atom. The summed E-state index contributed by atoms with van der Waals surface area (Å²) in [7, 11) is 0. The highest BCUT2D eigenvalue weighted by Gasteiger charge is 2.19. The number of nitrogens with zero attached hydrogens (tertiary/aromatic N) is 1. The van der Waals surface area contributed by atoms with Crippen LogP contribution >= 0.6 is 0 Å². The minimum Gasteiger partial charge on any atom is -0.409 e. The maximum atomic E-state index is 8.90. The van der Waals surface area contributed by atoms with E-state index in [0.29, 0.717) is 6.42 Å². The molecule has 1 atom stereocenters. The van der Waals surface area contributed by atoms with Crippen molar-refractivity contribution in [2.24, 2.45) is 10.9 Å². The molecule has 0 saturated carbocycles. The largest absolute Gasteiger partial charge is 0.409 e. The smallest absolute Gasteiger partial charge is 0.139 e. The normalized spacial score (nSPS) is 16.3. The lowest BCUT2D eigenvalue weighted by Crippen LogP contribution is -2.43. The van der Waals surface area contributed by atoms with Gasteiger partial charge < -0.3 is 21.4 Å². The predicted octanol–water partition coefficient (Wildman–Crippen LogP) is 0.654. The molecule has 0 saturated heterocycles. The highest BCUT2D eigenvalue weighted by atomic mass is 16.4. The summed E-state index contributed by atoms with van der Waals surface area (Å²) in [6.45, 7) is 5.18. The molecule has 90 valence electrons. The minimum absolute atomic E-state index is 0.0140. The number of amidine groups is 1. The summed E-state index contributed by atoms with van der Waals surface area (Å²) in [6, 6.07) is 0. The van der Waals surface area contributed by atoms with Crippen LogP contribution in [-0.4, -0.2) is 34.8 Å². The molecule has 5 nitrogen and oxygen atoms in total. The Morgan fingerprint density at radius 3 is 2.67 bits per heavy atom. The molecule has 0 aromatic carbocycles. The monoisotopic (exact) mass is 217 g/mol. The van der Waals surface area contributed by atoms with Crippen LogP contribution in [0.15, 0.2) is 5.16 Å². The van der Waals surface area contributed by atoms with Crippen molar-refractivity contribution in [1.29, 1.82) is 0 Å². The number of nitrogens with two attached hydrogens (primary N) is 1. The van der Waals surface area contributed by atoms with Crippen LogP contribution in [0.1, 0.15) is 39.5 Å². The first kappa shape index (κ1) is 14.2. The Balaban J connectivity index is 3.72. The molecule has 0 aromatic heterocycles. The van der Waals surface area contributed by atoms with Gasteiger partial charge >= 0.3 is 0 Å². The Morgan fingerprint density at radius 2 is 2.20 bits per heavy atom. The summed E-state index contributed by atoms with van der Waals surface area (Å²) < 4.78 is 0. The standard InChI is InChI=1S/C10H23N3O2/c1-3-10(2,6-8-14)12-7-4-5-9(11)13-15/h12,14-15H,3-8H2,1-2H3,(H2,11,13). The van der Waals surface area contributed by atoms with Crippen molar-refractivity contribution in [3.05, 3.63) is 0 Å². The third kappa shape index (κ3) is 6.30. The molecule has 0 fully saturated rings. The molecule has 15 heavy (non-hydrogen) atoms. The highest BCUT2D eigenvalue weighted by Crippen LogP contribution is 2.13. The Labute approximate surface area is 91.4 Å². The molecule has 0 aliphatic heterocycles. The van der Waals surface area contributed by atoms with Gasteiger partial charge in [0.2, 0.25) is 0 Å². The summed E-state index contributed by atoms with van der Waals surface area (Å²) in [5.41, 5.74) is 5.33. The molecule has 0 spiro atoms. The van der Waals surface area contributed by atoms with Crippen LogP contribution in [-0.2, 0) is 0 Å². The lowest BCUT2D eigenvalue weighted by molar-refractivity contribution is 0.216.